The van der Waals surface area contributed by atoms with Crippen LogP contribution in [0.1, 0.15) is 77.6 Å². The van der Waals surface area contributed by atoms with E-state index in [1.54, 1.807) is 0 Å². The Balaban J connectivity index is 3.20. The first-order valence-corrected chi connectivity index (χ1v) is 7.45. The minimum absolute atomic E-state index is 0.570. The Kier molecular flexibility index (Phi) is 12.0. The van der Waals surface area contributed by atoms with E-state index in [1.165, 1.54) is 51.4 Å². The Hall–Kier alpha value is -0.860. The third kappa shape index (κ3) is 10.3. The van der Waals surface area contributed by atoms with Gasteiger partial charge in [-0.2, -0.15) is 0 Å². The lowest BCUT2D eigenvalue weighted by molar-refractivity contribution is -0.139. The number of aliphatic carboxylic acids is 1. The molecule has 3 nitrogen and oxygen atoms in total. The topological polar surface area (TPSA) is 61.2 Å². The lowest BCUT2D eigenvalue weighted by Gasteiger charge is -2.05. The standard InChI is InChI=1S/C15H29NO2/c1-2-3-4-5-6-7-8-9-10-11-12-14(13-16)15(17)18/h13-14,16H,2-12H2,1H3,(H,17,18). The normalized spacial score (nSPS) is 12.3. The smallest absolute Gasteiger partial charge is 0.311 e. The summed E-state index contributed by atoms with van der Waals surface area (Å²) in [6, 6.07) is 0. The van der Waals surface area contributed by atoms with Crippen molar-refractivity contribution in [2.24, 2.45) is 5.92 Å². The van der Waals surface area contributed by atoms with E-state index >= 15 is 0 Å². The van der Waals surface area contributed by atoms with E-state index < -0.39 is 11.9 Å². The molecule has 2 N–H and O–H groups in total. The molecule has 0 aliphatic rings. The van der Waals surface area contributed by atoms with E-state index in [1.807, 2.05) is 0 Å². The zero-order valence-corrected chi connectivity index (χ0v) is 11.8. The van der Waals surface area contributed by atoms with Gasteiger partial charge in [-0.05, 0) is 6.42 Å². The van der Waals surface area contributed by atoms with Crippen molar-refractivity contribution in [3.63, 3.8) is 0 Å². The van der Waals surface area contributed by atoms with E-state index in [-0.39, 0.29) is 0 Å². The molecule has 0 heterocycles. The molecule has 18 heavy (non-hydrogen) atoms. The lowest BCUT2D eigenvalue weighted by Crippen LogP contribution is -2.14. The van der Waals surface area contributed by atoms with Crippen LogP contribution < -0.4 is 0 Å². The van der Waals surface area contributed by atoms with Crippen LogP contribution in [0.2, 0.25) is 0 Å². The fourth-order valence-corrected chi connectivity index (χ4v) is 2.13. The van der Waals surface area contributed by atoms with Gasteiger partial charge in [0, 0.05) is 6.21 Å². The van der Waals surface area contributed by atoms with Gasteiger partial charge in [-0.25, -0.2) is 0 Å². The average Bonchev–Trinajstić information content (AvgIpc) is 2.35. The molecule has 0 spiro atoms. The first-order valence-electron chi connectivity index (χ1n) is 7.45. The average molecular weight is 255 g/mol. The maximum atomic E-state index is 10.7. The Bertz CT molecular complexity index is 217. The minimum Gasteiger partial charge on any atom is -0.481 e. The Labute approximate surface area is 111 Å². The van der Waals surface area contributed by atoms with Gasteiger partial charge in [0.2, 0.25) is 0 Å². The fourth-order valence-electron chi connectivity index (χ4n) is 2.13. The summed E-state index contributed by atoms with van der Waals surface area (Å²) in [5, 5.41) is 15.8. The maximum absolute atomic E-state index is 10.7. The predicted octanol–water partition coefficient (Wildman–Crippen LogP) is 4.65. The molecular weight excluding hydrogens is 226 g/mol. The van der Waals surface area contributed by atoms with Gasteiger partial charge in [0.15, 0.2) is 0 Å². The summed E-state index contributed by atoms with van der Waals surface area (Å²) >= 11 is 0. The number of unbranched alkanes of at least 4 members (excludes halogenated alkanes) is 9. The number of carboxylic acid groups (broad SMARTS) is 1. The molecule has 3 heteroatoms. The Morgan fingerprint density at radius 3 is 1.83 bits per heavy atom. The van der Waals surface area contributed by atoms with Crippen molar-refractivity contribution in [2.45, 2.75) is 77.6 Å². The molecule has 0 saturated carbocycles. The maximum Gasteiger partial charge on any atom is 0.311 e. The number of hydrogen-bond donors (Lipinski definition) is 2. The van der Waals surface area contributed by atoms with Gasteiger partial charge in [-0.15, -0.1) is 0 Å². The minimum atomic E-state index is -0.860. The summed E-state index contributed by atoms with van der Waals surface area (Å²) in [7, 11) is 0. The van der Waals surface area contributed by atoms with E-state index in [0.29, 0.717) is 6.42 Å². The molecule has 1 atom stereocenters. The molecule has 0 rings (SSSR count). The van der Waals surface area contributed by atoms with Crippen molar-refractivity contribution >= 4 is 12.2 Å². The highest BCUT2D eigenvalue weighted by Crippen LogP contribution is 2.13. The second kappa shape index (κ2) is 12.6. The summed E-state index contributed by atoms with van der Waals surface area (Å²) in [4.78, 5) is 10.7. The number of hydrogen-bond acceptors (Lipinski definition) is 2. The summed E-state index contributed by atoms with van der Waals surface area (Å²) in [6.45, 7) is 2.23. The molecular formula is C15H29NO2. The summed E-state index contributed by atoms with van der Waals surface area (Å²) in [5.74, 6) is -1.43. The third-order valence-corrected chi connectivity index (χ3v) is 3.39. The van der Waals surface area contributed by atoms with Gasteiger partial charge in [0.25, 0.3) is 0 Å². The van der Waals surface area contributed by atoms with Crippen molar-refractivity contribution in [1.82, 2.24) is 0 Å². The molecule has 1 unspecified atom stereocenters. The summed E-state index contributed by atoms with van der Waals surface area (Å²) in [6.07, 6.45) is 14.2. The Morgan fingerprint density at radius 1 is 1.00 bits per heavy atom. The first-order chi connectivity index (χ1) is 8.72. The largest absolute Gasteiger partial charge is 0.481 e. The van der Waals surface area contributed by atoms with Crippen molar-refractivity contribution in [3.8, 4) is 0 Å². The highest BCUT2D eigenvalue weighted by Gasteiger charge is 2.12. The van der Waals surface area contributed by atoms with Gasteiger partial charge in [-0.3, -0.25) is 4.79 Å². The van der Waals surface area contributed by atoms with Gasteiger partial charge < -0.3 is 10.5 Å². The molecule has 0 saturated heterocycles. The molecule has 106 valence electrons. The molecule has 0 bridgehead atoms. The van der Waals surface area contributed by atoms with Crippen molar-refractivity contribution in [3.05, 3.63) is 0 Å². The van der Waals surface area contributed by atoms with Gasteiger partial charge in [-0.1, -0.05) is 71.1 Å². The molecule has 0 aromatic heterocycles. The van der Waals surface area contributed by atoms with Gasteiger partial charge in [0.05, 0.1) is 5.92 Å². The molecule has 0 aromatic carbocycles. The summed E-state index contributed by atoms with van der Waals surface area (Å²) < 4.78 is 0. The van der Waals surface area contributed by atoms with Crippen LogP contribution in [-0.4, -0.2) is 17.3 Å². The zero-order chi connectivity index (χ0) is 13.6. The van der Waals surface area contributed by atoms with Crippen LogP contribution in [0.4, 0.5) is 0 Å². The van der Waals surface area contributed by atoms with Crippen molar-refractivity contribution in [1.29, 1.82) is 5.41 Å². The molecule has 0 radical (unpaired) electrons. The summed E-state index contributed by atoms with van der Waals surface area (Å²) in [5.41, 5.74) is 0. The van der Waals surface area contributed by atoms with Crippen LogP contribution in [0.25, 0.3) is 0 Å². The molecule has 0 amide bonds. The van der Waals surface area contributed by atoms with Crippen LogP contribution in [-0.2, 0) is 4.79 Å². The molecule has 0 aliphatic heterocycles. The van der Waals surface area contributed by atoms with E-state index in [2.05, 4.69) is 6.92 Å². The van der Waals surface area contributed by atoms with E-state index in [9.17, 15) is 4.79 Å². The van der Waals surface area contributed by atoms with Crippen molar-refractivity contribution < 1.29 is 9.90 Å². The first kappa shape index (κ1) is 17.1. The van der Waals surface area contributed by atoms with Crippen molar-refractivity contribution in [2.75, 3.05) is 0 Å². The number of nitrogens with one attached hydrogen (secondary N) is 1. The third-order valence-electron chi connectivity index (χ3n) is 3.39. The predicted molar refractivity (Wildman–Crippen MR) is 76.4 cm³/mol. The van der Waals surface area contributed by atoms with Gasteiger partial charge in [0.1, 0.15) is 0 Å². The van der Waals surface area contributed by atoms with Crippen LogP contribution >= 0.6 is 0 Å². The van der Waals surface area contributed by atoms with E-state index in [4.69, 9.17) is 10.5 Å². The highest BCUT2D eigenvalue weighted by atomic mass is 16.4. The molecule has 0 fully saturated rings. The number of carbonyl (C=O) groups is 1. The molecule has 0 aliphatic carbocycles. The number of carboxylic acids is 1. The Morgan fingerprint density at radius 2 is 1.44 bits per heavy atom. The second-order valence-corrected chi connectivity index (χ2v) is 5.08. The van der Waals surface area contributed by atoms with Crippen LogP contribution in [0.15, 0.2) is 0 Å². The van der Waals surface area contributed by atoms with Crippen LogP contribution in [0.5, 0.6) is 0 Å². The SMILES string of the molecule is CCCCCCCCCCCCC(C=N)C(=O)O. The van der Waals surface area contributed by atoms with Crippen LogP contribution in [0.3, 0.4) is 0 Å². The van der Waals surface area contributed by atoms with E-state index in [0.717, 1.165) is 19.1 Å². The highest BCUT2D eigenvalue weighted by molar-refractivity contribution is 5.87. The second-order valence-electron chi connectivity index (χ2n) is 5.08. The lowest BCUT2D eigenvalue weighted by atomic mass is 10.0. The quantitative estimate of drug-likeness (QED) is 0.372. The zero-order valence-electron chi connectivity index (χ0n) is 11.8. The van der Waals surface area contributed by atoms with Gasteiger partial charge >= 0.3 is 5.97 Å². The van der Waals surface area contributed by atoms with Crippen LogP contribution in [0, 0.1) is 11.3 Å². The fraction of sp³-hybridized carbons (Fsp3) is 0.867. The molecule has 0 aromatic rings. The monoisotopic (exact) mass is 255 g/mol. The number of rotatable bonds is 13.